The van der Waals surface area contributed by atoms with Crippen molar-refractivity contribution in [1.82, 2.24) is 0 Å². The van der Waals surface area contributed by atoms with Crippen LogP contribution in [0.3, 0.4) is 0 Å². The molecular weight excluding hydrogens is 140 g/mol. The fourth-order valence-electron chi connectivity index (χ4n) is 0.0680. The van der Waals surface area contributed by atoms with Crippen LogP contribution in [0.25, 0.3) is 0 Å². The van der Waals surface area contributed by atoms with Crippen LogP contribution >= 0.6 is 0 Å². The SMILES string of the molecule is C=CS(=O)(=O)C=C.[SiH4]. The first-order valence-corrected chi connectivity index (χ1v) is 3.23. The molecule has 0 aliphatic carbocycles. The lowest BCUT2D eigenvalue weighted by molar-refractivity contribution is 0.613. The molecule has 0 rings (SSSR count). The Bertz CT molecular complexity index is 154. The average molecular weight is 150 g/mol. The number of hydrogen-bond donors (Lipinski definition) is 0. The van der Waals surface area contributed by atoms with Crippen LogP contribution in [0.5, 0.6) is 0 Å². The minimum absolute atomic E-state index is 0. The van der Waals surface area contributed by atoms with E-state index in [1.54, 1.807) is 0 Å². The van der Waals surface area contributed by atoms with Gasteiger partial charge in [0.15, 0.2) is 9.84 Å². The fraction of sp³-hybridized carbons (Fsp3) is 0. The van der Waals surface area contributed by atoms with Gasteiger partial charge < -0.3 is 0 Å². The summed E-state index contributed by atoms with van der Waals surface area (Å²) in [7, 11) is -3.13. The predicted molar refractivity (Wildman–Crippen MR) is 40.6 cm³/mol. The van der Waals surface area contributed by atoms with Gasteiger partial charge in [0.25, 0.3) is 0 Å². The van der Waals surface area contributed by atoms with Crippen molar-refractivity contribution < 1.29 is 8.42 Å². The van der Waals surface area contributed by atoms with Gasteiger partial charge in [0.2, 0.25) is 0 Å². The highest BCUT2D eigenvalue weighted by Gasteiger charge is 1.90. The van der Waals surface area contributed by atoms with Crippen molar-refractivity contribution in [3.05, 3.63) is 24.0 Å². The van der Waals surface area contributed by atoms with E-state index in [4.69, 9.17) is 0 Å². The highest BCUT2D eigenvalue weighted by molar-refractivity contribution is 7.97. The van der Waals surface area contributed by atoms with Gasteiger partial charge in [0.1, 0.15) is 0 Å². The molecule has 48 valence electrons. The van der Waals surface area contributed by atoms with Crippen molar-refractivity contribution in [3.8, 4) is 0 Å². The Morgan fingerprint density at radius 2 is 1.38 bits per heavy atom. The second-order valence-corrected chi connectivity index (χ2v) is 2.77. The number of sulfone groups is 1. The molecular formula is C4H10O2SSi. The van der Waals surface area contributed by atoms with E-state index in [0.29, 0.717) is 0 Å². The third-order valence-corrected chi connectivity index (χ3v) is 1.39. The number of rotatable bonds is 2. The van der Waals surface area contributed by atoms with Crippen LogP contribution in [0, 0.1) is 0 Å². The normalized spacial score (nSPS) is 9.00. The van der Waals surface area contributed by atoms with E-state index in [2.05, 4.69) is 13.2 Å². The minimum Gasteiger partial charge on any atom is -0.220 e. The largest absolute Gasteiger partial charge is 0.220 e. The summed E-state index contributed by atoms with van der Waals surface area (Å²) in [4.78, 5) is 0. The van der Waals surface area contributed by atoms with Crippen LogP contribution in [0.15, 0.2) is 24.0 Å². The topological polar surface area (TPSA) is 34.1 Å². The smallest absolute Gasteiger partial charge is 0.191 e. The van der Waals surface area contributed by atoms with Crippen LogP contribution in [-0.2, 0) is 9.84 Å². The summed E-state index contributed by atoms with van der Waals surface area (Å²) in [5, 5.41) is 1.69. The second kappa shape index (κ2) is 3.62. The molecule has 0 spiro atoms. The van der Waals surface area contributed by atoms with Crippen LogP contribution in [0.4, 0.5) is 0 Å². The molecule has 0 N–H and O–H groups in total. The zero-order valence-electron chi connectivity index (χ0n) is 3.79. The average Bonchev–Trinajstić information content (AvgIpc) is 1.68. The van der Waals surface area contributed by atoms with E-state index in [-0.39, 0.29) is 11.0 Å². The Morgan fingerprint density at radius 3 is 1.38 bits per heavy atom. The molecule has 0 atom stereocenters. The quantitative estimate of drug-likeness (QED) is 0.485. The van der Waals surface area contributed by atoms with Crippen molar-refractivity contribution in [2.45, 2.75) is 0 Å². The lowest BCUT2D eigenvalue weighted by Crippen LogP contribution is -1.83. The molecule has 0 aromatic rings. The molecule has 0 bridgehead atoms. The van der Waals surface area contributed by atoms with Gasteiger partial charge >= 0.3 is 0 Å². The third-order valence-electron chi connectivity index (χ3n) is 0.465. The molecule has 8 heavy (non-hydrogen) atoms. The summed E-state index contributed by atoms with van der Waals surface area (Å²) >= 11 is 0. The predicted octanol–water partition coefficient (Wildman–Crippen LogP) is -0.763. The van der Waals surface area contributed by atoms with Gasteiger partial charge in [-0.2, -0.15) is 0 Å². The Labute approximate surface area is 53.9 Å². The molecule has 0 heterocycles. The van der Waals surface area contributed by atoms with Crippen molar-refractivity contribution in [2.75, 3.05) is 0 Å². The molecule has 0 aromatic carbocycles. The summed E-state index contributed by atoms with van der Waals surface area (Å²) in [5.41, 5.74) is 0. The highest BCUT2D eigenvalue weighted by Crippen LogP contribution is 1.87. The molecule has 2 nitrogen and oxygen atoms in total. The van der Waals surface area contributed by atoms with E-state index in [0.717, 1.165) is 10.8 Å². The first kappa shape index (κ1) is 10.6. The summed E-state index contributed by atoms with van der Waals surface area (Å²) in [6, 6.07) is 0. The molecule has 0 radical (unpaired) electrons. The monoisotopic (exact) mass is 150 g/mol. The first-order chi connectivity index (χ1) is 3.12. The van der Waals surface area contributed by atoms with Crippen LogP contribution in [0.1, 0.15) is 0 Å². The summed E-state index contributed by atoms with van der Waals surface area (Å²) in [5.74, 6) is 0. The standard InChI is InChI=1S/C4H6O2S.H4Si/c1-3-7(5,6)4-2;/h3-4H,1-2H2;1H4. The minimum atomic E-state index is -3.13. The van der Waals surface area contributed by atoms with Crippen molar-refractivity contribution >= 4 is 20.8 Å². The van der Waals surface area contributed by atoms with Gasteiger partial charge in [0.05, 0.1) is 0 Å². The zero-order chi connectivity index (χ0) is 5.91. The Balaban J connectivity index is 0. The van der Waals surface area contributed by atoms with E-state index in [1.807, 2.05) is 0 Å². The maximum Gasteiger partial charge on any atom is 0.191 e. The molecule has 0 aromatic heterocycles. The fourth-order valence-corrected chi connectivity index (χ4v) is 0.204. The lowest BCUT2D eigenvalue weighted by Gasteiger charge is -1.78. The maximum atomic E-state index is 10.1. The summed E-state index contributed by atoms with van der Waals surface area (Å²) in [6.07, 6.45) is 0. The van der Waals surface area contributed by atoms with E-state index < -0.39 is 9.84 Å². The third kappa shape index (κ3) is 3.82. The molecule has 0 aliphatic rings. The van der Waals surface area contributed by atoms with Gasteiger partial charge in [-0.15, -0.1) is 0 Å². The van der Waals surface area contributed by atoms with E-state index in [1.165, 1.54) is 0 Å². The Hall–Kier alpha value is -0.353. The lowest BCUT2D eigenvalue weighted by atomic mass is 11.3. The van der Waals surface area contributed by atoms with Gasteiger partial charge in [0, 0.05) is 10.8 Å². The van der Waals surface area contributed by atoms with Gasteiger partial charge in [-0.25, -0.2) is 8.42 Å². The molecule has 0 fully saturated rings. The Morgan fingerprint density at radius 1 is 1.12 bits per heavy atom. The number of hydrogen-bond acceptors (Lipinski definition) is 2. The molecule has 0 amide bonds. The maximum absolute atomic E-state index is 10.1. The molecule has 0 aliphatic heterocycles. The zero-order valence-corrected chi connectivity index (χ0v) is 4.61. The molecule has 0 saturated carbocycles. The highest BCUT2D eigenvalue weighted by atomic mass is 32.2. The van der Waals surface area contributed by atoms with E-state index >= 15 is 0 Å². The molecule has 4 heteroatoms. The molecule has 0 saturated heterocycles. The van der Waals surface area contributed by atoms with Gasteiger partial charge in [-0.3, -0.25) is 0 Å². The van der Waals surface area contributed by atoms with Crippen LogP contribution in [0.2, 0.25) is 0 Å². The van der Waals surface area contributed by atoms with Crippen molar-refractivity contribution in [3.63, 3.8) is 0 Å². The first-order valence-electron chi connectivity index (χ1n) is 1.62. The van der Waals surface area contributed by atoms with Gasteiger partial charge in [-0.1, -0.05) is 13.2 Å². The van der Waals surface area contributed by atoms with Gasteiger partial charge in [-0.05, 0) is 11.0 Å². The van der Waals surface area contributed by atoms with Crippen molar-refractivity contribution in [1.29, 1.82) is 0 Å². The van der Waals surface area contributed by atoms with E-state index in [9.17, 15) is 8.42 Å². The molecule has 0 unspecified atom stereocenters. The summed E-state index contributed by atoms with van der Waals surface area (Å²) < 4.78 is 20.3. The van der Waals surface area contributed by atoms with Crippen LogP contribution in [-0.4, -0.2) is 19.4 Å². The van der Waals surface area contributed by atoms with Crippen molar-refractivity contribution in [2.24, 2.45) is 0 Å². The summed E-state index contributed by atoms with van der Waals surface area (Å²) in [6.45, 7) is 6.09. The second-order valence-electron chi connectivity index (χ2n) is 0.922. The van der Waals surface area contributed by atoms with Crippen LogP contribution < -0.4 is 0 Å². The Kier molecular flexibility index (Phi) is 4.80.